The van der Waals surface area contributed by atoms with E-state index < -0.39 is 6.10 Å². The predicted octanol–water partition coefficient (Wildman–Crippen LogP) is 25.2. The van der Waals surface area contributed by atoms with Crippen LogP contribution >= 0.6 is 0 Å². The van der Waals surface area contributed by atoms with Gasteiger partial charge in [-0.05, 0) is 89.9 Å². The number of rotatable bonds is 67. The molecule has 0 amide bonds. The van der Waals surface area contributed by atoms with E-state index in [1.165, 1.54) is 238 Å². The van der Waals surface area contributed by atoms with Gasteiger partial charge >= 0.3 is 17.9 Å². The van der Waals surface area contributed by atoms with Crippen molar-refractivity contribution in [3.05, 3.63) is 72.9 Å². The van der Waals surface area contributed by atoms with Crippen LogP contribution in [0.3, 0.4) is 0 Å². The Morgan fingerprint density at radius 3 is 0.747 bits per heavy atom. The standard InChI is InChI=1S/C77H138O6/c1-4-7-10-13-16-19-22-25-28-31-33-35-37-39-41-42-44-46-49-52-55-58-61-64-67-70-76(79)82-73-74(72-81-75(78)69-66-63-60-57-54-51-48-30-27-24-21-18-15-12-9-6-3)83-77(80)71-68-65-62-59-56-53-50-47-45-43-40-38-36-34-32-29-26-23-20-17-14-11-8-5-2/h7,10,16,19,21,24-25,28,30,33,35,48,74H,4-6,8-9,11-15,17-18,20,22-23,26-27,29,31-32,34,36-47,49-73H2,1-3H3/b10-7-,19-16-,24-21-,28-25-,35-33-,48-30-. The lowest BCUT2D eigenvalue weighted by atomic mass is 10.0. The minimum absolute atomic E-state index is 0.0770. The molecule has 0 aliphatic rings. The van der Waals surface area contributed by atoms with Crippen LogP contribution in [0.15, 0.2) is 72.9 Å². The third-order valence-corrected chi connectivity index (χ3v) is 16.2. The Morgan fingerprint density at radius 2 is 0.470 bits per heavy atom. The van der Waals surface area contributed by atoms with Gasteiger partial charge in [0.05, 0.1) is 0 Å². The van der Waals surface area contributed by atoms with E-state index in [0.717, 1.165) is 103 Å². The molecule has 0 saturated carbocycles. The third-order valence-electron chi connectivity index (χ3n) is 16.2. The highest BCUT2D eigenvalue weighted by atomic mass is 16.6. The molecule has 482 valence electrons. The van der Waals surface area contributed by atoms with Crippen molar-refractivity contribution in [1.82, 2.24) is 0 Å². The molecule has 0 rings (SSSR count). The average Bonchev–Trinajstić information content (AvgIpc) is 3.50. The Hall–Kier alpha value is -3.15. The molecule has 1 unspecified atom stereocenters. The van der Waals surface area contributed by atoms with Gasteiger partial charge in [0.25, 0.3) is 0 Å². The van der Waals surface area contributed by atoms with Crippen molar-refractivity contribution in [1.29, 1.82) is 0 Å². The lowest BCUT2D eigenvalue weighted by Gasteiger charge is -2.18. The maximum absolute atomic E-state index is 13.0. The van der Waals surface area contributed by atoms with Gasteiger partial charge in [0.1, 0.15) is 13.2 Å². The zero-order valence-corrected chi connectivity index (χ0v) is 55.5. The normalized spacial score (nSPS) is 12.5. The van der Waals surface area contributed by atoms with Crippen molar-refractivity contribution in [2.75, 3.05) is 13.2 Å². The quantitative estimate of drug-likeness (QED) is 0.0261. The van der Waals surface area contributed by atoms with Crippen LogP contribution in [-0.4, -0.2) is 37.2 Å². The maximum Gasteiger partial charge on any atom is 0.306 e. The number of allylic oxidation sites excluding steroid dienone is 12. The molecule has 83 heavy (non-hydrogen) atoms. The number of esters is 3. The number of hydrogen-bond donors (Lipinski definition) is 0. The maximum atomic E-state index is 13.0. The van der Waals surface area contributed by atoms with Crippen LogP contribution in [0.1, 0.15) is 380 Å². The fraction of sp³-hybridized carbons (Fsp3) is 0.805. The van der Waals surface area contributed by atoms with Crippen LogP contribution in [0.5, 0.6) is 0 Å². The molecule has 0 aromatic rings. The van der Waals surface area contributed by atoms with E-state index in [9.17, 15) is 14.4 Å². The number of carbonyl (C=O) groups excluding carboxylic acids is 3. The van der Waals surface area contributed by atoms with Crippen LogP contribution < -0.4 is 0 Å². The highest BCUT2D eigenvalue weighted by Gasteiger charge is 2.19. The molecule has 0 spiro atoms. The summed E-state index contributed by atoms with van der Waals surface area (Å²) in [5, 5.41) is 0. The SMILES string of the molecule is CC/C=C\C/C=C\C/C=C\C/C=C\CCCCCCCCCCCCCCC(=O)OCC(COC(=O)CCCCCCC/C=C\C/C=C\CCCCCC)OC(=O)CCCCCCCCCCCCCCCCCCCCCCCCCC. The monoisotopic (exact) mass is 1160 g/mol. The van der Waals surface area contributed by atoms with Gasteiger partial charge in [0, 0.05) is 19.3 Å². The Kier molecular flexibility index (Phi) is 68.6. The summed E-state index contributed by atoms with van der Waals surface area (Å²) in [5.74, 6) is -0.868. The smallest absolute Gasteiger partial charge is 0.306 e. The summed E-state index contributed by atoms with van der Waals surface area (Å²) < 4.78 is 17.0. The average molecular weight is 1160 g/mol. The molecular formula is C77H138O6. The van der Waals surface area contributed by atoms with E-state index in [1.807, 2.05) is 0 Å². The lowest BCUT2D eigenvalue weighted by molar-refractivity contribution is -0.167. The Balaban J connectivity index is 4.31. The first kappa shape index (κ1) is 79.8. The number of unbranched alkanes of at least 4 members (excludes halogenated alkanes) is 44. The van der Waals surface area contributed by atoms with E-state index in [0.29, 0.717) is 19.3 Å². The summed E-state index contributed by atoms with van der Waals surface area (Å²) in [4.78, 5) is 38.5. The van der Waals surface area contributed by atoms with E-state index in [4.69, 9.17) is 14.2 Å². The van der Waals surface area contributed by atoms with Crippen molar-refractivity contribution in [3.8, 4) is 0 Å². The largest absolute Gasteiger partial charge is 0.462 e. The zero-order chi connectivity index (χ0) is 59.9. The van der Waals surface area contributed by atoms with Gasteiger partial charge in [-0.2, -0.15) is 0 Å². The van der Waals surface area contributed by atoms with Crippen molar-refractivity contribution in [2.45, 2.75) is 386 Å². The van der Waals surface area contributed by atoms with Crippen LogP contribution in [-0.2, 0) is 28.6 Å². The van der Waals surface area contributed by atoms with Gasteiger partial charge < -0.3 is 14.2 Å². The molecule has 0 N–H and O–H groups in total. The van der Waals surface area contributed by atoms with Gasteiger partial charge in [-0.25, -0.2) is 0 Å². The van der Waals surface area contributed by atoms with Crippen LogP contribution in [0.2, 0.25) is 0 Å². The summed E-state index contributed by atoms with van der Waals surface area (Å²) >= 11 is 0. The van der Waals surface area contributed by atoms with Crippen LogP contribution in [0.25, 0.3) is 0 Å². The van der Waals surface area contributed by atoms with Gasteiger partial charge in [-0.15, -0.1) is 0 Å². The number of hydrogen-bond acceptors (Lipinski definition) is 6. The molecular weight excluding hydrogens is 1020 g/mol. The third kappa shape index (κ3) is 69.5. The van der Waals surface area contributed by atoms with Crippen molar-refractivity contribution < 1.29 is 28.6 Å². The highest BCUT2D eigenvalue weighted by Crippen LogP contribution is 2.18. The van der Waals surface area contributed by atoms with E-state index in [2.05, 4.69) is 93.7 Å². The Bertz CT molecular complexity index is 1520. The molecule has 0 bridgehead atoms. The molecule has 0 heterocycles. The molecule has 0 aromatic heterocycles. The summed E-state index contributed by atoms with van der Waals surface area (Å²) in [6.07, 6.45) is 93.6. The second kappa shape index (κ2) is 71.3. The fourth-order valence-corrected chi connectivity index (χ4v) is 10.8. The van der Waals surface area contributed by atoms with Crippen molar-refractivity contribution in [3.63, 3.8) is 0 Å². The molecule has 0 aliphatic carbocycles. The first-order valence-corrected chi connectivity index (χ1v) is 36.4. The number of carbonyl (C=O) groups is 3. The zero-order valence-electron chi connectivity index (χ0n) is 55.5. The number of ether oxygens (including phenoxy) is 3. The van der Waals surface area contributed by atoms with Crippen molar-refractivity contribution >= 4 is 17.9 Å². The topological polar surface area (TPSA) is 78.9 Å². The molecule has 1 atom stereocenters. The minimum Gasteiger partial charge on any atom is -0.462 e. The first-order chi connectivity index (χ1) is 41.0. The fourth-order valence-electron chi connectivity index (χ4n) is 10.8. The van der Waals surface area contributed by atoms with Crippen molar-refractivity contribution in [2.24, 2.45) is 0 Å². The highest BCUT2D eigenvalue weighted by molar-refractivity contribution is 5.71. The molecule has 6 nitrogen and oxygen atoms in total. The van der Waals surface area contributed by atoms with E-state index >= 15 is 0 Å². The molecule has 0 aliphatic heterocycles. The molecule has 0 saturated heterocycles. The molecule has 0 aromatic carbocycles. The molecule has 0 fully saturated rings. The first-order valence-electron chi connectivity index (χ1n) is 36.4. The lowest BCUT2D eigenvalue weighted by Crippen LogP contribution is -2.30. The van der Waals surface area contributed by atoms with E-state index in [-0.39, 0.29) is 31.1 Å². The minimum atomic E-state index is -0.782. The second-order valence-corrected chi connectivity index (χ2v) is 24.5. The van der Waals surface area contributed by atoms with Gasteiger partial charge in [0.15, 0.2) is 6.10 Å². The molecule has 0 radical (unpaired) electrons. The van der Waals surface area contributed by atoms with Crippen LogP contribution in [0.4, 0.5) is 0 Å². The second-order valence-electron chi connectivity index (χ2n) is 24.5. The summed E-state index contributed by atoms with van der Waals surface area (Å²) in [5.41, 5.74) is 0. The Morgan fingerprint density at radius 1 is 0.253 bits per heavy atom. The molecule has 6 heteroatoms. The van der Waals surface area contributed by atoms with Gasteiger partial charge in [-0.3, -0.25) is 14.4 Å². The van der Waals surface area contributed by atoms with Gasteiger partial charge in [0.2, 0.25) is 0 Å². The Labute approximate surface area is 516 Å². The van der Waals surface area contributed by atoms with Crippen LogP contribution in [0, 0.1) is 0 Å². The summed E-state index contributed by atoms with van der Waals surface area (Å²) in [6.45, 7) is 6.56. The summed E-state index contributed by atoms with van der Waals surface area (Å²) in [6, 6.07) is 0. The van der Waals surface area contributed by atoms with Gasteiger partial charge in [-0.1, -0.05) is 344 Å². The summed E-state index contributed by atoms with van der Waals surface area (Å²) in [7, 11) is 0. The predicted molar refractivity (Wildman–Crippen MR) is 362 cm³/mol. The van der Waals surface area contributed by atoms with E-state index in [1.54, 1.807) is 0 Å².